The summed E-state index contributed by atoms with van der Waals surface area (Å²) in [5.74, 6) is 2.12. The number of hydrogen-bond acceptors (Lipinski definition) is 2. The fourth-order valence-electron chi connectivity index (χ4n) is 3.14. The lowest BCUT2D eigenvalue weighted by molar-refractivity contribution is -0.122. The Hall–Kier alpha value is -0.530. The van der Waals surface area contributed by atoms with Crippen molar-refractivity contribution in [1.82, 2.24) is 16.0 Å². The Bertz CT molecular complexity index is 377. The summed E-state index contributed by atoms with van der Waals surface area (Å²) in [5, 5.41) is 9.61. The number of rotatable bonds is 7. The van der Waals surface area contributed by atoms with E-state index in [0.717, 1.165) is 44.4 Å². The number of nitrogens with zero attached hydrogens (tertiary/aromatic N) is 1. The van der Waals surface area contributed by atoms with Gasteiger partial charge in [-0.3, -0.25) is 9.79 Å². The van der Waals surface area contributed by atoms with E-state index in [1.165, 1.54) is 44.9 Å². The van der Waals surface area contributed by atoms with Crippen molar-refractivity contribution < 1.29 is 4.79 Å². The quantitative estimate of drug-likeness (QED) is 0.242. The Morgan fingerprint density at radius 1 is 0.917 bits per heavy atom. The van der Waals surface area contributed by atoms with E-state index in [4.69, 9.17) is 4.99 Å². The van der Waals surface area contributed by atoms with Crippen molar-refractivity contribution in [2.24, 2.45) is 16.8 Å². The summed E-state index contributed by atoms with van der Waals surface area (Å²) in [5.41, 5.74) is 0. The molecular formula is C18H35IN4O. The Morgan fingerprint density at radius 3 is 2.17 bits per heavy atom. The largest absolute Gasteiger partial charge is 0.357 e. The van der Waals surface area contributed by atoms with E-state index < -0.39 is 0 Å². The fourth-order valence-corrected chi connectivity index (χ4v) is 3.14. The Morgan fingerprint density at radius 2 is 1.54 bits per heavy atom. The SMILES string of the molecule is CCNC(=NCC1CCCCCCC1)NCCNC(=O)C1CC1.I. The van der Waals surface area contributed by atoms with Gasteiger partial charge in [-0.1, -0.05) is 32.1 Å². The molecular weight excluding hydrogens is 415 g/mol. The maximum atomic E-state index is 11.6. The van der Waals surface area contributed by atoms with Crippen molar-refractivity contribution in [2.75, 3.05) is 26.2 Å². The zero-order valence-electron chi connectivity index (χ0n) is 15.1. The highest BCUT2D eigenvalue weighted by molar-refractivity contribution is 14.0. The van der Waals surface area contributed by atoms with Gasteiger partial charge in [0.05, 0.1) is 0 Å². The first-order chi connectivity index (χ1) is 11.3. The molecule has 0 spiro atoms. The lowest BCUT2D eigenvalue weighted by Gasteiger charge is -2.19. The minimum absolute atomic E-state index is 0. The van der Waals surface area contributed by atoms with Crippen LogP contribution in [0.25, 0.3) is 0 Å². The van der Waals surface area contributed by atoms with Gasteiger partial charge in [-0.15, -0.1) is 24.0 Å². The Labute approximate surface area is 164 Å². The maximum absolute atomic E-state index is 11.6. The highest BCUT2D eigenvalue weighted by Gasteiger charge is 2.28. The van der Waals surface area contributed by atoms with Crippen LogP contribution < -0.4 is 16.0 Å². The molecule has 0 radical (unpaired) electrons. The molecule has 0 atom stereocenters. The van der Waals surface area contributed by atoms with Gasteiger partial charge in [-0.25, -0.2) is 0 Å². The van der Waals surface area contributed by atoms with E-state index in [2.05, 4.69) is 22.9 Å². The maximum Gasteiger partial charge on any atom is 0.223 e. The number of aliphatic imine (C=N–C) groups is 1. The van der Waals surface area contributed by atoms with E-state index in [-0.39, 0.29) is 35.8 Å². The number of carbonyl (C=O) groups excluding carboxylic acids is 1. The third kappa shape index (κ3) is 9.08. The van der Waals surface area contributed by atoms with Crippen molar-refractivity contribution in [3.05, 3.63) is 0 Å². The molecule has 2 rings (SSSR count). The average molecular weight is 450 g/mol. The molecule has 0 aromatic carbocycles. The van der Waals surface area contributed by atoms with Gasteiger partial charge < -0.3 is 16.0 Å². The van der Waals surface area contributed by atoms with Crippen LogP contribution in [0.1, 0.15) is 64.7 Å². The molecule has 6 heteroatoms. The molecule has 0 heterocycles. The predicted molar refractivity (Wildman–Crippen MR) is 111 cm³/mol. The van der Waals surface area contributed by atoms with Gasteiger partial charge in [0, 0.05) is 32.1 Å². The molecule has 0 bridgehead atoms. The molecule has 5 nitrogen and oxygen atoms in total. The summed E-state index contributed by atoms with van der Waals surface area (Å²) in [7, 11) is 0. The molecule has 2 aliphatic carbocycles. The van der Waals surface area contributed by atoms with E-state index in [0.29, 0.717) is 6.54 Å². The first kappa shape index (κ1) is 21.5. The van der Waals surface area contributed by atoms with Gasteiger partial charge in [0.2, 0.25) is 5.91 Å². The highest BCUT2D eigenvalue weighted by atomic mass is 127. The zero-order chi connectivity index (χ0) is 16.3. The third-order valence-electron chi connectivity index (χ3n) is 4.74. The van der Waals surface area contributed by atoms with Crippen LogP contribution in [-0.2, 0) is 4.79 Å². The lowest BCUT2D eigenvalue weighted by atomic mass is 9.91. The zero-order valence-corrected chi connectivity index (χ0v) is 17.4. The van der Waals surface area contributed by atoms with Crippen molar-refractivity contribution in [1.29, 1.82) is 0 Å². The van der Waals surface area contributed by atoms with E-state index >= 15 is 0 Å². The van der Waals surface area contributed by atoms with Crippen molar-refractivity contribution in [3.8, 4) is 0 Å². The summed E-state index contributed by atoms with van der Waals surface area (Å²) < 4.78 is 0. The van der Waals surface area contributed by atoms with E-state index in [1.807, 2.05) is 0 Å². The van der Waals surface area contributed by atoms with E-state index in [1.54, 1.807) is 0 Å². The standard InChI is InChI=1S/C18H34N4O.HI/c1-2-19-18(21-13-12-20-17(23)16-10-11-16)22-14-15-8-6-4-3-5-7-9-15;/h15-16H,2-14H2,1H3,(H,20,23)(H2,19,21,22);1H. The molecule has 0 unspecified atom stereocenters. The molecule has 3 N–H and O–H groups in total. The molecule has 0 aromatic rings. The second-order valence-electron chi connectivity index (χ2n) is 6.92. The van der Waals surface area contributed by atoms with Gasteiger partial charge in [-0.2, -0.15) is 0 Å². The average Bonchev–Trinajstić information content (AvgIpc) is 3.34. The molecule has 2 saturated carbocycles. The van der Waals surface area contributed by atoms with Crippen molar-refractivity contribution in [3.63, 3.8) is 0 Å². The molecule has 2 fully saturated rings. The molecule has 0 aromatic heterocycles. The minimum atomic E-state index is 0. The first-order valence-electron chi connectivity index (χ1n) is 9.59. The normalized spacial score (nSPS) is 19.6. The molecule has 0 aliphatic heterocycles. The van der Waals surface area contributed by atoms with Gasteiger partial charge in [0.25, 0.3) is 0 Å². The number of carbonyl (C=O) groups is 1. The number of guanidine groups is 1. The van der Waals surface area contributed by atoms with Crippen LogP contribution in [0.3, 0.4) is 0 Å². The summed E-state index contributed by atoms with van der Waals surface area (Å²) in [4.78, 5) is 16.3. The summed E-state index contributed by atoms with van der Waals surface area (Å²) >= 11 is 0. The Balaban J connectivity index is 0.00000288. The van der Waals surface area contributed by atoms with Gasteiger partial charge >= 0.3 is 0 Å². The number of amides is 1. The first-order valence-corrected chi connectivity index (χ1v) is 9.59. The molecule has 0 saturated heterocycles. The van der Waals surface area contributed by atoms with Crippen LogP contribution in [0.5, 0.6) is 0 Å². The topological polar surface area (TPSA) is 65.5 Å². The number of halogens is 1. The molecule has 24 heavy (non-hydrogen) atoms. The van der Waals surface area contributed by atoms with E-state index in [9.17, 15) is 4.79 Å². The van der Waals surface area contributed by atoms with Crippen LogP contribution in [0.15, 0.2) is 4.99 Å². The monoisotopic (exact) mass is 450 g/mol. The fraction of sp³-hybridized carbons (Fsp3) is 0.889. The summed E-state index contributed by atoms with van der Waals surface area (Å²) in [6.07, 6.45) is 11.7. The van der Waals surface area contributed by atoms with Crippen LogP contribution in [-0.4, -0.2) is 38.0 Å². The van der Waals surface area contributed by atoms with Gasteiger partial charge in [0.1, 0.15) is 0 Å². The van der Waals surface area contributed by atoms with Crippen LogP contribution in [0.4, 0.5) is 0 Å². The van der Waals surface area contributed by atoms with Crippen LogP contribution in [0.2, 0.25) is 0 Å². The summed E-state index contributed by atoms with van der Waals surface area (Å²) in [6.45, 7) is 5.27. The van der Waals surface area contributed by atoms with Crippen LogP contribution in [0, 0.1) is 11.8 Å². The van der Waals surface area contributed by atoms with Crippen molar-refractivity contribution >= 4 is 35.8 Å². The second kappa shape index (κ2) is 12.8. The number of nitrogens with one attached hydrogen (secondary N) is 3. The number of hydrogen-bond donors (Lipinski definition) is 3. The highest BCUT2D eigenvalue weighted by Crippen LogP contribution is 2.28. The second-order valence-corrected chi connectivity index (χ2v) is 6.92. The van der Waals surface area contributed by atoms with Crippen molar-refractivity contribution in [2.45, 2.75) is 64.7 Å². The predicted octanol–water partition coefficient (Wildman–Crippen LogP) is 3.05. The smallest absolute Gasteiger partial charge is 0.223 e. The minimum Gasteiger partial charge on any atom is -0.357 e. The van der Waals surface area contributed by atoms with Gasteiger partial charge in [0.15, 0.2) is 5.96 Å². The van der Waals surface area contributed by atoms with Crippen LogP contribution >= 0.6 is 24.0 Å². The Kier molecular flexibility index (Phi) is 11.5. The molecule has 2 aliphatic rings. The third-order valence-corrected chi connectivity index (χ3v) is 4.74. The summed E-state index contributed by atoms with van der Waals surface area (Å²) in [6, 6.07) is 0. The van der Waals surface area contributed by atoms with Gasteiger partial charge in [-0.05, 0) is 38.5 Å². The molecule has 1 amide bonds. The molecule has 140 valence electrons. The lowest BCUT2D eigenvalue weighted by Crippen LogP contribution is -2.42.